The number of benzene rings is 4. The zero-order chi connectivity index (χ0) is 32.8. The van der Waals surface area contributed by atoms with Crippen molar-refractivity contribution in [3.63, 3.8) is 0 Å². The van der Waals surface area contributed by atoms with Crippen LogP contribution in [0.2, 0.25) is 0 Å². The largest absolute Gasteiger partial charge is 0.489 e. The van der Waals surface area contributed by atoms with E-state index in [1.165, 1.54) is 0 Å². The molecular weight excluding hydrogens is 607 g/mol. The lowest BCUT2D eigenvalue weighted by Crippen LogP contribution is -2.31. The Morgan fingerprint density at radius 2 is 1.55 bits per heavy atom. The second kappa shape index (κ2) is 14.3. The van der Waals surface area contributed by atoms with E-state index in [1.807, 2.05) is 116 Å². The molecule has 240 valence electrons. The van der Waals surface area contributed by atoms with Gasteiger partial charge in [-0.2, -0.15) is 0 Å². The van der Waals surface area contributed by atoms with Crippen molar-refractivity contribution in [2.24, 2.45) is 0 Å². The van der Waals surface area contributed by atoms with Gasteiger partial charge in [0.2, 0.25) is 0 Å². The minimum absolute atomic E-state index is 0.0224. The van der Waals surface area contributed by atoms with E-state index in [-0.39, 0.29) is 12.0 Å². The third kappa shape index (κ3) is 7.75. The first-order valence-electron chi connectivity index (χ1n) is 16.0. The summed E-state index contributed by atoms with van der Waals surface area (Å²) in [5.74, 6) is 1.62. The molecule has 6 aromatic rings. The Morgan fingerprint density at radius 1 is 0.872 bits per heavy atom. The Bertz CT molecular complexity index is 1880. The fourth-order valence-corrected chi connectivity index (χ4v) is 6.26. The normalized spacial score (nSPS) is 12.3. The monoisotopic (exact) mass is 645 g/mol. The number of rotatable bonds is 12. The number of esters is 1. The van der Waals surface area contributed by atoms with Gasteiger partial charge in [0.15, 0.2) is 23.0 Å². The lowest BCUT2D eigenvalue weighted by atomic mass is 9.93. The minimum atomic E-state index is -0.776. The van der Waals surface area contributed by atoms with E-state index < -0.39 is 18.2 Å². The number of furan rings is 1. The first kappa shape index (κ1) is 32.1. The van der Waals surface area contributed by atoms with Crippen LogP contribution in [0, 0.1) is 0 Å². The predicted molar refractivity (Wildman–Crippen MR) is 187 cm³/mol. The molecule has 0 fully saturated rings. The van der Waals surface area contributed by atoms with Crippen LogP contribution in [0.1, 0.15) is 69.0 Å². The van der Waals surface area contributed by atoms with E-state index in [0.717, 1.165) is 50.5 Å². The van der Waals surface area contributed by atoms with Gasteiger partial charge in [-0.15, -0.1) is 11.3 Å². The number of ether oxygens (including phenoxy) is 3. The van der Waals surface area contributed by atoms with E-state index >= 15 is 0 Å². The van der Waals surface area contributed by atoms with Crippen molar-refractivity contribution < 1.29 is 23.4 Å². The molecule has 1 unspecified atom stereocenters. The summed E-state index contributed by atoms with van der Waals surface area (Å²) in [4.78, 5) is 18.5. The summed E-state index contributed by atoms with van der Waals surface area (Å²) in [6, 6.07) is 35.0. The number of hydrogen-bond acceptors (Lipinski definition) is 7. The molecule has 0 amide bonds. The number of hydrogen-bond donors (Lipinski definition) is 0. The highest BCUT2D eigenvalue weighted by atomic mass is 32.1. The molecule has 0 N–H and O–H groups in total. The van der Waals surface area contributed by atoms with Crippen LogP contribution in [0.15, 0.2) is 119 Å². The van der Waals surface area contributed by atoms with Crippen LogP contribution in [0.25, 0.3) is 21.7 Å². The standard InChI is InChI=1S/C40H39NO5S/c1-5-14-34(39(42)46-37(27-15-8-6-9-16-27)28-17-10-7-11-18-28)44-32-20-13-12-19-29(32)25-43-31-21-22-33-30(23-31)24-35(45-33)38-41-36(26-47-38)40(2,3)4/h6-13,15-24,26,34,37H,5,14,25H2,1-4H3. The Kier molecular flexibility index (Phi) is 9.73. The summed E-state index contributed by atoms with van der Waals surface area (Å²) < 4.78 is 24.9. The molecule has 0 spiro atoms. The van der Waals surface area contributed by atoms with Crippen LogP contribution in [-0.2, 0) is 21.6 Å². The summed E-state index contributed by atoms with van der Waals surface area (Å²) in [5, 5.41) is 3.89. The van der Waals surface area contributed by atoms with Gasteiger partial charge in [0.25, 0.3) is 0 Å². The first-order valence-corrected chi connectivity index (χ1v) is 16.8. The second-order valence-corrected chi connectivity index (χ2v) is 13.4. The number of aromatic nitrogens is 1. The summed E-state index contributed by atoms with van der Waals surface area (Å²) in [6.07, 6.45) is -0.0483. The number of thiazole rings is 1. The molecule has 1 atom stereocenters. The van der Waals surface area contributed by atoms with Crippen LogP contribution < -0.4 is 9.47 Å². The van der Waals surface area contributed by atoms with Gasteiger partial charge in [-0.3, -0.25) is 0 Å². The average Bonchev–Trinajstić information content (AvgIpc) is 3.75. The summed E-state index contributed by atoms with van der Waals surface area (Å²) in [7, 11) is 0. The highest BCUT2D eigenvalue weighted by molar-refractivity contribution is 7.13. The molecular formula is C40H39NO5S. The maximum absolute atomic E-state index is 13.7. The first-order chi connectivity index (χ1) is 22.8. The highest BCUT2D eigenvalue weighted by Gasteiger charge is 2.27. The Morgan fingerprint density at radius 3 is 2.21 bits per heavy atom. The van der Waals surface area contributed by atoms with Crippen molar-refractivity contribution in [3.8, 4) is 22.3 Å². The van der Waals surface area contributed by atoms with E-state index in [9.17, 15) is 4.79 Å². The van der Waals surface area contributed by atoms with Gasteiger partial charge in [0.05, 0.1) is 5.69 Å². The number of carbonyl (C=O) groups excluding carboxylic acids is 1. The summed E-state index contributed by atoms with van der Waals surface area (Å²) >= 11 is 1.59. The SMILES string of the molecule is CCCC(Oc1ccccc1COc1ccc2oc(-c3nc(C(C)(C)C)cs3)cc2c1)C(=O)OC(c1ccccc1)c1ccccc1. The maximum atomic E-state index is 13.7. The van der Waals surface area contributed by atoms with E-state index in [0.29, 0.717) is 17.9 Å². The van der Waals surface area contributed by atoms with Crippen molar-refractivity contribution in [1.29, 1.82) is 0 Å². The molecule has 4 aromatic carbocycles. The van der Waals surface area contributed by atoms with Gasteiger partial charge in [0.1, 0.15) is 23.7 Å². The molecule has 6 nitrogen and oxygen atoms in total. The quantitative estimate of drug-likeness (QED) is 0.123. The lowest BCUT2D eigenvalue weighted by Gasteiger charge is -2.24. The Labute approximate surface area is 280 Å². The highest BCUT2D eigenvalue weighted by Crippen LogP contribution is 2.35. The third-order valence-electron chi connectivity index (χ3n) is 7.86. The Balaban J connectivity index is 1.16. The second-order valence-electron chi connectivity index (χ2n) is 12.5. The molecule has 7 heteroatoms. The molecule has 2 aromatic heterocycles. The molecule has 0 aliphatic heterocycles. The molecule has 0 aliphatic carbocycles. The molecule has 0 radical (unpaired) electrons. The Hall–Kier alpha value is -4.88. The smallest absolute Gasteiger partial charge is 0.348 e. The maximum Gasteiger partial charge on any atom is 0.348 e. The van der Waals surface area contributed by atoms with E-state index in [2.05, 4.69) is 26.2 Å². The van der Waals surface area contributed by atoms with Crippen LogP contribution in [0.5, 0.6) is 11.5 Å². The fourth-order valence-electron chi connectivity index (χ4n) is 5.26. The number of para-hydroxylation sites is 1. The topological polar surface area (TPSA) is 70.8 Å². The number of fused-ring (bicyclic) bond motifs is 1. The van der Waals surface area contributed by atoms with Crippen LogP contribution in [-0.4, -0.2) is 17.1 Å². The summed E-state index contributed by atoms with van der Waals surface area (Å²) in [5.41, 5.74) is 4.43. The number of nitrogens with zero attached hydrogens (tertiary/aromatic N) is 1. The van der Waals surface area contributed by atoms with Gasteiger partial charge in [0, 0.05) is 21.7 Å². The van der Waals surface area contributed by atoms with Gasteiger partial charge in [-0.25, -0.2) is 9.78 Å². The van der Waals surface area contributed by atoms with Crippen molar-refractivity contribution >= 4 is 28.3 Å². The van der Waals surface area contributed by atoms with Crippen molar-refractivity contribution in [3.05, 3.63) is 137 Å². The average molecular weight is 646 g/mol. The van der Waals surface area contributed by atoms with Crippen LogP contribution >= 0.6 is 11.3 Å². The zero-order valence-electron chi connectivity index (χ0n) is 27.1. The van der Waals surface area contributed by atoms with Gasteiger partial charge >= 0.3 is 5.97 Å². The lowest BCUT2D eigenvalue weighted by molar-refractivity contribution is -0.156. The third-order valence-corrected chi connectivity index (χ3v) is 8.72. The minimum Gasteiger partial charge on any atom is -0.489 e. The zero-order valence-corrected chi connectivity index (χ0v) is 28.0. The molecule has 0 bridgehead atoms. The van der Waals surface area contributed by atoms with Crippen LogP contribution in [0.3, 0.4) is 0 Å². The van der Waals surface area contributed by atoms with Crippen molar-refractivity contribution in [2.75, 3.05) is 0 Å². The number of carbonyl (C=O) groups is 1. The fraction of sp³-hybridized carbons (Fsp3) is 0.250. The van der Waals surface area contributed by atoms with E-state index in [4.69, 9.17) is 23.6 Å². The molecule has 0 saturated heterocycles. The molecule has 2 heterocycles. The molecule has 0 saturated carbocycles. The van der Waals surface area contributed by atoms with Gasteiger partial charge in [-0.1, -0.05) is 113 Å². The van der Waals surface area contributed by atoms with Crippen LogP contribution in [0.4, 0.5) is 0 Å². The molecule has 6 rings (SSSR count). The van der Waals surface area contributed by atoms with Crippen molar-refractivity contribution in [1.82, 2.24) is 4.98 Å². The predicted octanol–water partition coefficient (Wildman–Crippen LogP) is 10.3. The van der Waals surface area contributed by atoms with Gasteiger partial charge < -0.3 is 18.6 Å². The van der Waals surface area contributed by atoms with Gasteiger partial charge in [-0.05, 0) is 47.9 Å². The summed E-state index contributed by atoms with van der Waals surface area (Å²) in [6.45, 7) is 8.75. The molecule has 47 heavy (non-hydrogen) atoms. The molecule has 0 aliphatic rings. The van der Waals surface area contributed by atoms with Crippen molar-refractivity contribution in [2.45, 2.75) is 64.8 Å². The van der Waals surface area contributed by atoms with E-state index in [1.54, 1.807) is 11.3 Å².